The maximum Gasteiger partial charge on any atom is 0.211 e. The van der Waals surface area contributed by atoms with Crippen molar-refractivity contribution >= 4 is 27.5 Å². The van der Waals surface area contributed by atoms with Gasteiger partial charge in [-0.2, -0.15) is 4.31 Å². The lowest BCUT2D eigenvalue weighted by molar-refractivity contribution is 0.387. The number of rotatable bonds is 4. The Morgan fingerprint density at radius 3 is 2.46 bits per heavy atom. The van der Waals surface area contributed by atoms with Crippen molar-refractivity contribution < 1.29 is 8.42 Å². The summed E-state index contributed by atoms with van der Waals surface area (Å²) in [6.07, 6.45) is 2.95. The highest BCUT2D eigenvalue weighted by atomic mass is 32.2. The highest BCUT2D eigenvalue weighted by molar-refractivity contribution is 7.88. The molecule has 0 aromatic carbocycles. The van der Waals surface area contributed by atoms with Gasteiger partial charge in [0.1, 0.15) is 23.3 Å². The molecule has 0 bridgehead atoms. The van der Waals surface area contributed by atoms with Crippen LogP contribution in [-0.4, -0.2) is 60.1 Å². The van der Waals surface area contributed by atoms with Crippen LogP contribution in [0.2, 0.25) is 0 Å². The molecule has 1 aliphatic heterocycles. The monoisotopic (exact) mass is 348 g/mol. The summed E-state index contributed by atoms with van der Waals surface area (Å²) in [5.74, 6) is 2.82. The lowest BCUT2D eigenvalue weighted by Crippen LogP contribution is -2.48. The van der Waals surface area contributed by atoms with Crippen molar-refractivity contribution in [3.05, 3.63) is 36.3 Å². The van der Waals surface area contributed by atoms with Gasteiger partial charge in [0.2, 0.25) is 10.0 Å². The molecule has 8 nitrogen and oxygen atoms in total. The summed E-state index contributed by atoms with van der Waals surface area (Å²) >= 11 is 0. The Morgan fingerprint density at radius 1 is 1.08 bits per heavy atom. The Bertz CT molecular complexity index is 804. The van der Waals surface area contributed by atoms with E-state index >= 15 is 0 Å². The van der Waals surface area contributed by atoms with Crippen molar-refractivity contribution in [3.8, 4) is 0 Å². The first-order chi connectivity index (χ1) is 11.4. The van der Waals surface area contributed by atoms with Gasteiger partial charge in [0, 0.05) is 38.4 Å². The molecule has 0 spiro atoms. The largest absolute Gasteiger partial charge is 0.354 e. The molecule has 128 valence electrons. The van der Waals surface area contributed by atoms with E-state index in [4.69, 9.17) is 0 Å². The molecule has 1 aliphatic rings. The zero-order chi connectivity index (χ0) is 17.2. The fourth-order valence-corrected chi connectivity index (χ4v) is 3.42. The lowest BCUT2D eigenvalue weighted by Gasteiger charge is -2.34. The molecule has 24 heavy (non-hydrogen) atoms. The van der Waals surface area contributed by atoms with E-state index < -0.39 is 10.0 Å². The molecule has 3 heterocycles. The average Bonchev–Trinajstić information content (AvgIpc) is 2.54. The minimum Gasteiger partial charge on any atom is -0.354 e. The zero-order valence-electron chi connectivity index (χ0n) is 13.7. The quantitative estimate of drug-likeness (QED) is 0.881. The molecule has 0 radical (unpaired) electrons. The van der Waals surface area contributed by atoms with Gasteiger partial charge in [-0.25, -0.2) is 23.4 Å². The van der Waals surface area contributed by atoms with E-state index in [9.17, 15) is 8.42 Å². The number of nitrogens with one attached hydrogen (secondary N) is 1. The highest BCUT2D eigenvalue weighted by Crippen LogP contribution is 2.20. The molecule has 0 saturated carbocycles. The molecule has 0 atom stereocenters. The molecule has 2 aromatic rings. The van der Waals surface area contributed by atoms with Gasteiger partial charge in [0.25, 0.3) is 0 Å². The van der Waals surface area contributed by atoms with Crippen LogP contribution in [0.1, 0.15) is 5.82 Å². The Balaban J connectivity index is 1.75. The van der Waals surface area contributed by atoms with E-state index in [-0.39, 0.29) is 0 Å². The van der Waals surface area contributed by atoms with E-state index in [0.29, 0.717) is 43.6 Å². The van der Waals surface area contributed by atoms with Crippen LogP contribution >= 0.6 is 0 Å². The molecule has 1 saturated heterocycles. The van der Waals surface area contributed by atoms with E-state index in [1.165, 1.54) is 10.6 Å². The molecule has 1 fully saturated rings. The van der Waals surface area contributed by atoms with Crippen molar-refractivity contribution in [2.45, 2.75) is 6.92 Å². The van der Waals surface area contributed by atoms with Crippen LogP contribution in [0.3, 0.4) is 0 Å². The number of hydrogen-bond acceptors (Lipinski definition) is 7. The lowest BCUT2D eigenvalue weighted by atomic mass is 10.3. The summed E-state index contributed by atoms with van der Waals surface area (Å²) in [6, 6.07) is 7.47. The minimum absolute atomic E-state index is 0.463. The zero-order valence-corrected chi connectivity index (χ0v) is 14.5. The second kappa shape index (κ2) is 6.70. The van der Waals surface area contributed by atoms with Crippen LogP contribution in [0, 0.1) is 6.92 Å². The van der Waals surface area contributed by atoms with Gasteiger partial charge >= 0.3 is 0 Å². The maximum absolute atomic E-state index is 11.6. The molecule has 9 heteroatoms. The first-order valence-electron chi connectivity index (χ1n) is 7.65. The van der Waals surface area contributed by atoms with Gasteiger partial charge in [-0.3, -0.25) is 0 Å². The van der Waals surface area contributed by atoms with Crippen LogP contribution in [0.5, 0.6) is 0 Å². The van der Waals surface area contributed by atoms with Gasteiger partial charge < -0.3 is 10.2 Å². The molecule has 0 amide bonds. The van der Waals surface area contributed by atoms with Gasteiger partial charge in [-0.05, 0) is 19.1 Å². The van der Waals surface area contributed by atoms with Gasteiger partial charge in [0.15, 0.2) is 0 Å². The molecule has 0 unspecified atom stereocenters. The third-order valence-electron chi connectivity index (χ3n) is 3.78. The van der Waals surface area contributed by atoms with Crippen molar-refractivity contribution in [3.63, 3.8) is 0 Å². The van der Waals surface area contributed by atoms with Crippen LogP contribution in [0.25, 0.3) is 0 Å². The number of pyridine rings is 1. The molecular formula is C15H20N6O2S. The topological polar surface area (TPSA) is 91.3 Å². The van der Waals surface area contributed by atoms with Crippen LogP contribution in [0.15, 0.2) is 30.5 Å². The average molecular weight is 348 g/mol. The number of aryl methyl sites for hydroxylation is 1. The van der Waals surface area contributed by atoms with E-state index in [2.05, 4.69) is 25.2 Å². The third kappa shape index (κ3) is 3.98. The van der Waals surface area contributed by atoms with E-state index in [1.54, 1.807) is 6.20 Å². The predicted molar refractivity (Wildman–Crippen MR) is 92.9 cm³/mol. The van der Waals surface area contributed by atoms with E-state index in [0.717, 1.165) is 5.82 Å². The summed E-state index contributed by atoms with van der Waals surface area (Å²) in [4.78, 5) is 15.1. The van der Waals surface area contributed by atoms with Gasteiger partial charge in [-0.1, -0.05) is 6.07 Å². The number of nitrogens with zero attached hydrogens (tertiary/aromatic N) is 5. The summed E-state index contributed by atoms with van der Waals surface area (Å²) < 4.78 is 24.7. The predicted octanol–water partition coefficient (Wildman–Crippen LogP) is 1.01. The fourth-order valence-electron chi connectivity index (χ4n) is 2.59. The van der Waals surface area contributed by atoms with Crippen molar-refractivity contribution in [2.75, 3.05) is 42.7 Å². The molecular weight excluding hydrogens is 328 g/mol. The summed E-state index contributed by atoms with van der Waals surface area (Å²) in [5, 5.41) is 3.16. The third-order valence-corrected chi connectivity index (χ3v) is 5.08. The second-order valence-electron chi connectivity index (χ2n) is 5.65. The van der Waals surface area contributed by atoms with E-state index in [1.807, 2.05) is 31.2 Å². The number of hydrogen-bond donors (Lipinski definition) is 1. The number of piperazine rings is 1. The number of anilines is 3. The van der Waals surface area contributed by atoms with Crippen molar-refractivity contribution in [1.82, 2.24) is 19.3 Å². The van der Waals surface area contributed by atoms with Crippen molar-refractivity contribution in [1.29, 1.82) is 0 Å². The Labute approximate surface area is 141 Å². The fraction of sp³-hybridized carbons (Fsp3) is 0.400. The van der Waals surface area contributed by atoms with Crippen LogP contribution in [-0.2, 0) is 10.0 Å². The van der Waals surface area contributed by atoms with Gasteiger partial charge in [0.05, 0.1) is 6.26 Å². The normalized spacial score (nSPS) is 16.2. The molecule has 2 aromatic heterocycles. The number of aromatic nitrogens is 3. The SMILES string of the molecule is Cc1nc(Nc2ccccn2)cc(N2CCN(S(C)(=O)=O)CC2)n1. The Kier molecular flexibility index (Phi) is 4.63. The van der Waals surface area contributed by atoms with Crippen molar-refractivity contribution in [2.24, 2.45) is 0 Å². The minimum atomic E-state index is -3.14. The first-order valence-corrected chi connectivity index (χ1v) is 9.50. The number of sulfonamides is 1. The maximum atomic E-state index is 11.6. The molecule has 0 aliphatic carbocycles. The van der Waals surface area contributed by atoms with Crippen LogP contribution in [0.4, 0.5) is 17.5 Å². The smallest absolute Gasteiger partial charge is 0.211 e. The van der Waals surface area contributed by atoms with Gasteiger partial charge in [-0.15, -0.1) is 0 Å². The van der Waals surface area contributed by atoms with Crippen LogP contribution < -0.4 is 10.2 Å². The Morgan fingerprint density at radius 2 is 1.83 bits per heavy atom. The summed E-state index contributed by atoms with van der Waals surface area (Å²) in [5.41, 5.74) is 0. The first kappa shape index (κ1) is 16.6. The molecule has 1 N–H and O–H groups in total. The molecule has 3 rings (SSSR count). The second-order valence-corrected chi connectivity index (χ2v) is 7.63. The Hall–Kier alpha value is -2.26. The summed E-state index contributed by atoms with van der Waals surface area (Å²) in [7, 11) is -3.14. The highest BCUT2D eigenvalue weighted by Gasteiger charge is 2.24. The standard InChI is InChI=1S/C15H20N6O2S/c1-12-17-14(19-13-5-3-4-6-16-13)11-15(18-12)20-7-9-21(10-8-20)24(2,22)23/h3-6,11H,7-10H2,1-2H3,(H,16,17,18,19). The summed E-state index contributed by atoms with van der Waals surface area (Å²) in [6.45, 7) is 3.97.